The van der Waals surface area contributed by atoms with Crippen LogP contribution in [0.15, 0.2) is 42.5 Å². The van der Waals surface area contributed by atoms with Gasteiger partial charge in [0.1, 0.15) is 0 Å². The van der Waals surface area contributed by atoms with Crippen molar-refractivity contribution in [2.75, 3.05) is 31.9 Å². The Kier molecular flexibility index (Phi) is 5.17. The third-order valence-corrected chi connectivity index (χ3v) is 4.82. The minimum Gasteiger partial charge on any atom is -0.320 e. The van der Waals surface area contributed by atoms with Gasteiger partial charge in [0.15, 0.2) is 0 Å². The van der Waals surface area contributed by atoms with Crippen molar-refractivity contribution < 1.29 is 8.42 Å². The quantitative estimate of drug-likeness (QED) is 0.770. The van der Waals surface area contributed by atoms with E-state index >= 15 is 0 Å². The number of anilines is 1. The van der Waals surface area contributed by atoms with Crippen LogP contribution in [-0.4, -0.2) is 39.9 Å². The molecule has 0 spiro atoms. The summed E-state index contributed by atoms with van der Waals surface area (Å²) in [7, 11) is -0.0932. The van der Waals surface area contributed by atoms with Crippen LogP contribution in [-0.2, 0) is 10.2 Å². The molecule has 6 heteroatoms. The lowest BCUT2D eigenvalue weighted by Gasteiger charge is -2.19. The number of nitrogens with one attached hydrogen (secondary N) is 2. The molecule has 0 heterocycles. The second-order valence-corrected chi connectivity index (χ2v) is 6.69. The number of nitrogens with zero attached hydrogens (tertiary/aromatic N) is 1. The first-order valence-corrected chi connectivity index (χ1v) is 8.35. The van der Waals surface area contributed by atoms with Crippen LogP contribution >= 0.6 is 0 Å². The first-order chi connectivity index (χ1) is 10.0. The van der Waals surface area contributed by atoms with Gasteiger partial charge in [0.05, 0.1) is 5.69 Å². The topological polar surface area (TPSA) is 61.4 Å². The van der Waals surface area contributed by atoms with E-state index < -0.39 is 10.2 Å². The fourth-order valence-electron chi connectivity index (χ4n) is 2.13. The third kappa shape index (κ3) is 3.93. The van der Waals surface area contributed by atoms with Gasteiger partial charge in [0.25, 0.3) is 0 Å². The Morgan fingerprint density at radius 2 is 1.81 bits per heavy atom. The summed E-state index contributed by atoms with van der Waals surface area (Å²) in [5.41, 5.74) is 0.605. The summed E-state index contributed by atoms with van der Waals surface area (Å²) in [5.74, 6) is 0. The maximum Gasteiger partial charge on any atom is 0.301 e. The van der Waals surface area contributed by atoms with E-state index in [0.29, 0.717) is 12.2 Å². The van der Waals surface area contributed by atoms with Gasteiger partial charge in [-0.2, -0.15) is 12.7 Å². The number of rotatable bonds is 7. The van der Waals surface area contributed by atoms with Gasteiger partial charge in [-0.3, -0.25) is 4.72 Å². The summed E-state index contributed by atoms with van der Waals surface area (Å²) in [5, 5.41) is 4.91. The molecule has 0 aromatic heterocycles. The van der Waals surface area contributed by atoms with E-state index in [9.17, 15) is 8.42 Å². The van der Waals surface area contributed by atoms with E-state index in [0.717, 1.165) is 23.7 Å². The molecular weight excluding hydrogens is 286 g/mol. The Labute approximate surface area is 126 Å². The highest BCUT2D eigenvalue weighted by Gasteiger charge is 2.17. The van der Waals surface area contributed by atoms with Gasteiger partial charge >= 0.3 is 10.2 Å². The lowest BCUT2D eigenvalue weighted by Crippen LogP contribution is -2.34. The first kappa shape index (κ1) is 15.8. The highest BCUT2D eigenvalue weighted by molar-refractivity contribution is 7.90. The smallest absolute Gasteiger partial charge is 0.301 e. The summed E-state index contributed by atoms with van der Waals surface area (Å²) in [6.07, 6.45) is 0.767. The van der Waals surface area contributed by atoms with Gasteiger partial charge in [-0.1, -0.05) is 36.4 Å². The van der Waals surface area contributed by atoms with E-state index in [1.165, 1.54) is 4.31 Å². The first-order valence-electron chi connectivity index (χ1n) is 6.91. The largest absolute Gasteiger partial charge is 0.320 e. The van der Waals surface area contributed by atoms with Crippen molar-refractivity contribution in [3.8, 4) is 0 Å². The van der Waals surface area contributed by atoms with Gasteiger partial charge in [0, 0.05) is 19.0 Å². The molecule has 0 saturated carbocycles. The van der Waals surface area contributed by atoms with Crippen LogP contribution in [0.25, 0.3) is 10.8 Å². The summed E-state index contributed by atoms with van der Waals surface area (Å²) < 4.78 is 28.7. The summed E-state index contributed by atoms with van der Waals surface area (Å²) >= 11 is 0. The fourth-order valence-corrected chi connectivity index (χ4v) is 3.11. The maximum atomic E-state index is 12.3. The van der Waals surface area contributed by atoms with E-state index in [1.54, 1.807) is 13.1 Å². The number of hydrogen-bond donors (Lipinski definition) is 2. The molecule has 0 bridgehead atoms. The molecular formula is C15H21N3O2S. The molecule has 0 aliphatic rings. The normalized spacial score (nSPS) is 12.0. The Morgan fingerprint density at radius 3 is 2.57 bits per heavy atom. The van der Waals surface area contributed by atoms with Crippen LogP contribution in [0.5, 0.6) is 0 Å². The number of hydrogen-bond acceptors (Lipinski definition) is 3. The molecule has 0 radical (unpaired) electrons. The molecule has 2 N–H and O–H groups in total. The van der Waals surface area contributed by atoms with Gasteiger partial charge in [-0.15, -0.1) is 0 Å². The molecule has 0 fully saturated rings. The minimum absolute atomic E-state index is 0.473. The Balaban J connectivity index is 2.19. The predicted octanol–water partition coefficient (Wildman–Crippen LogP) is 2.04. The Morgan fingerprint density at radius 1 is 1.10 bits per heavy atom. The summed E-state index contributed by atoms with van der Waals surface area (Å²) in [6, 6.07) is 13.3. The SMILES string of the molecule is CNCCCN(C)S(=O)(=O)Nc1cccc2ccccc12. The zero-order valence-corrected chi connectivity index (χ0v) is 13.2. The van der Waals surface area contributed by atoms with E-state index in [1.807, 2.05) is 43.4 Å². The molecule has 0 unspecified atom stereocenters. The Bertz CT molecular complexity index is 696. The average molecular weight is 307 g/mol. The van der Waals surface area contributed by atoms with Crippen molar-refractivity contribution in [3.05, 3.63) is 42.5 Å². The standard InChI is InChI=1S/C15H21N3O2S/c1-16-11-6-12-18(2)21(19,20)17-15-10-5-8-13-7-3-4-9-14(13)15/h3-5,7-10,16-17H,6,11-12H2,1-2H3. The summed E-state index contributed by atoms with van der Waals surface area (Å²) in [4.78, 5) is 0. The second kappa shape index (κ2) is 6.89. The van der Waals surface area contributed by atoms with Crippen LogP contribution in [0.4, 0.5) is 5.69 Å². The maximum absolute atomic E-state index is 12.3. The highest BCUT2D eigenvalue weighted by Crippen LogP contribution is 2.24. The molecule has 5 nitrogen and oxygen atoms in total. The van der Waals surface area contributed by atoms with Crippen molar-refractivity contribution in [2.24, 2.45) is 0 Å². The van der Waals surface area contributed by atoms with Crippen molar-refractivity contribution in [1.82, 2.24) is 9.62 Å². The molecule has 0 atom stereocenters. The second-order valence-electron chi connectivity index (χ2n) is 4.91. The Hall–Kier alpha value is -1.63. The van der Waals surface area contributed by atoms with Gasteiger partial charge in [-0.25, -0.2) is 0 Å². The van der Waals surface area contributed by atoms with Crippen LogP contribution < -0.4 is 10.0 Å². The van der Waals surface area contributed by atoms with E-state index in [-0.39, 0.29) is 0 Å². The minimum atomic E-state index is -3.53. The van der Waals surface area contributed by atoms with Crippen molar-refractivity contribution in [2.45, 2.75) is 6.42 Å². The lowest BCUT2D eigenvalue weighted by molar-refractivity contribution is 0.462. The van der Waals surface area contributed by atoms with Crippen molar-refractivity contribution >= 4 is 26.7 Å². The fraction of sp³-hybridized carbons (Fsp3) is 0.333. The molecule has 0 amide bonds. The molecule has 2 aromatic carbocycles. The number of benzene rings is 2. The van der Waals surface area contributed by atoms with Crippen LogP contribution in [0.3, 0.4) is 0 Å². The zero-order chi connectivity index (χ0) is 15.3. The molecule has 2 aromatic rings. The van der Waals surface area contributed by atoms with Crippen molar-refractivity contribution in [1.29, 1.82) is 0 Å². The van der Waals surface area contributed by atoms with Gasteiger partial charge < -0.3 is 5.32 Å². The van der Waals surface area contributed by atoms with E-state index in [2.05, 4.69) is 10.0 Å². The van der Waals surface area contributed by atoms with Gasteiger partial charge in [0.2, 0.25) is 0 Å². The summed E-state index contributed by atoms with van der Waals surface area (Å²) in [6.45, 7) is 1.26. The van der Waals surface area contributed by atoms with Crippen molar-refractivity contribution in [3.63, 3.8) is 0 Å². The molecule has 21 heavy (non-hydrogen) atoms. The predicted molar refractivity (Wildman–Crippen MR) is 87.7 cm³/mol. The van der Waals surface area contributed by atoms with Crippen LogP contribution in [0, 0.1) is 0 Å². The highest BCUT2D eigenvalue weighted by atomic mass is 32.2. The molecule has 0 saturated heterocycles. The van der Waals surface area contributed by atoms with E-state index in [4.69, 9.17) is 0 Å². The van der Waals surface area contributed by atoms with Crippen LogP contribution in [0.2, 0.25) is 0 Å². The number of fused-ring (bicyclic) bond motifs is 1. The monoisotopic (exact) mass is 307 g/mol. The lowest BCUT2D eigenvalue weighted by atomic mass is 10.1. The molecule has 114 valence electrons. The average Bonchev–Trinajstić information content (AvgIpc) is 2.47. The molecule has 2 rings (SSSR count). The molecule has 0 aliphatic carbocycles. The van der Waals surface area contributed by atoms with Gasteiger partial charge in [-0.05, 0) is 31.5 Å². The molecule has 0 aliphatic heterocycles. The zero-order valence-electron chi connectivity index (χ0n) is 12.3. The van der Waals surface area contributed by atoms with Crippen LogP contribution in [0.1, 0.15) is 6.42 Å². The third-order valence-electron chi connectivity index (χ3n) is 3.34.